The van der Waals surface area contributed by atoms with E-state index >= 15 is 0 Å². The predicted octanol–water partition coefficient (Wildman–Crippen LogP) is 8.43. The lowest BCUT2D eigenvalue weighted by Gasteiger charge is -2.61. The molecule has 9 rings (SSSR count). The van der Waals surface area contributed by atoms with E-state index in [9.17, 15) is 0 Å². The zero-order valence-corrected chi connectivity index (χ0v) is 18.4. The largest absolute Gasteiger partial charge is 0.135 e. The van der Waals surface area contributed by atoms with Crippen LogP contribution in [0.3, 0.4) is 0 Å². The third kappa shape index (κ3) is 1.83. The number of thiophene rings is 1. The normalized spacial score (nSPS) is 33.0. The number of rotatable bonds is 0. The molecule has 0 N–H and O–H groups in total. The smallest absolute Gasteiger partial charge is 0.0409 e. The molecule has 148 valence electrons. The summed E-state index contributed by atoms with van der Waals surface area (Å²) in [6.45, 7) is 0. The van der Waals surface area contributed by atoms with Gasteiger partial charge in [-0.3, -0.25) is 0 Å². The first kappa shape index (κ1) is 16.8. The number of benzene rings is 3. The van der Waals surface area contributed by atoms with Gasteiger partial charge in [0.05, 0.1) is 0 Å². The lowest BCUT2D eigenvalue weighted by atomic mass is 9.43. The molecule has 0 radical (unpaired) electrons. The summed E-state index contributed by atoms with van der Waals surface area (Å²) in [6.07, 6.45) is 7.16. The molecule has 0 saturated heterocycles. The van der Waals surface area contributed by atoms with Gasteiger partial charge in [-0.25, -0.2) is 0 Å². The van der Waals surface area contributed by atoms with Gasteiger partial charge in [-0.15, -0.1) is 11.3 Å². The second-order valence-electron chi connectivity index (χ2n) is 10.3. The highest BCUT2D eigenvalue weighted by Gasteiger charge is 2.61. The number of halogens is 1. The Balaban J connectivity index is 1.54. The van der Waals surface area contributed by atoms with Crippen LogP contribution in [0.25, 0.3) is 31.3 Å². The van der Waals surface area contributed by atoms with Crippen LogP contribution in [-0.4, -0.2) is 0 Å². The third-order valence-electron chi connectivity index (χ3n) is 9.11. The molecule has 5 aliphatic carbocycles. The van der Waals surface area contributed by atoms with Gasteiger partial charge < -0.3 is 0 Å². The van der Waals surface area contributed by atoms with Gasteiger partial charge in [0.1, 0.15) is 0 Å². The Kier molecular flexibility index (Phi) is 3.08. The first-order valence-corrected chi connectivity index (χ1v) is 12.7. The molecule has 5 aliphatic rings. The molecule has 1 aromatic heterocycles. The molecule has 1 heterocycles. The van der Waals surface area contributed by atoms with Gasteiger partial charge in [-0.1, -0.05) is 41.9 Å². The van der Waals surface area contributed by atoms with Gasteiger partial charge in [0.2, 0.25) is 0 Å². The molecule has 4 bridgehead atoms. The van der Waals surface area contributed by atoms with Crippen molar-refractivity contribution in [3.63, 3.8) is 0 Å². The topological polar surface area (TPSA) is 0 Å². The molecule has 4 aromatic rings. The maximum Gasteiger partial charge on any atom is 0.0409 e. The summed E-state index contributed by atoms with van der Waals surface area (Å²) in [4.78, 5) is 0. The molecule has 0 unspecified atom stereocenters. The lowest BCUT2D eigenvalue weighted by Crippen LogP contribution is -2.55. The van der Waals surface area contributed by atoms with E-state index in [0.717, 1.165) is 28.7 Å². The molecular formula is C28H23ClS. The predicted molar refractivity (Wildman–Crippen MR) is 128 cm³/mol. The van der Waals surface area contributed by atoms with E-state index < -0.39 is 0 Å². The zero-order chi connectivity index (χ0) is 19.6. The summed E-state index contributed by atoms with van der Waals surface area (Å²) in [5, 5.41) is 3.82. The van der Waals surface area contributed by atoms with E-state index in [-0.39, 0.29) is 5.41 Å². The van der Waals surface area contributed by atoms with Crippen molar-refractivity contribution in [2.75, 3.05) is 0 Å². The van der Waals surface area contributed by atoms with E-state index in [1.807, 2.05) is 11.3 Å². The quantitative estimate of drug-likeness (QED) is 0.264. The third-order valence-corrected chi connectivity index (χ3v) is 10.5. The molecular weight excluding hydrogens is 404 g/mol. The number of fused-ring (bicyclic) bond motifs is 7. The van der Waals surface area contributed by atoms with Crippen LogP contribution in [0.5, 0.6) is 0 Å². The van der Waals surface area contributed by atoms with Crippen LogP contribution in [0.2, 0.25) is 5.02 Å². The average molecular weight is 427 g/mol. The van der Waals surface area contributed by atoms with Crippen LogP contribution < -0.4 is 0 Å². The van der Waals surface area contributed by atoms with Gasteiger partial charge in [-0.05, 0) is 102 Å². The van der Waals surface area contributed by atoms with Gasteiger partial charge in [0.25, 0.3) is 0 Å². The van der Waals surface area contributed by atoms with E-state index in [0.29, 0.717) is 0 Å². The molecule has 2 heteroatoms. The molecule has 1 spiro atoms. The van der Waals surface area contributed by atoms with E-state index in [1.54, 1.807) is 11.1 Å². The first-order valence-electron chi connectivity index (χ1n) is 11.5. The number of hydrogen-bond donors (Lipinski definition) is 0. The molecule has 30 heavy (non-hydrogen) atoms. The van der Waals surface area contributed by atoms with Crippen molar-refractivity contribution in [1.29, 1.82) is 0 Å². The molecule has 0 nitrogen and oxygen atoms in total. The van der Waals surface area contributed by atoms with E-state index in [4.69, 9.17) is 11.6 Å². The van der Waals surface area contributed by atoms with Gasteiger partial charge in [0.15, 0.2) is 0 Å². The van der Waals surface area contributed by atoms with Crippen molar-refractivity contribution in [2.45, 2.75) is 37.5 Å². The van der Waals surface area contributed by atoms with Gasteiger partial charge in [0, 0.05) is 30.6 Å². The first-order chi connectivity index (χ1) is 14.7. The maximum absolute atomic E-state index is 6.66. The van der Waals surface area contributed by atoms with Crippen molar-refractivity contribution >= 4 is 43.1 Å². The fourth-order valence-electron chi connectivity index (χ4n) is 8.47. The average Bonchev–Trinajstić information content (AvgIpc) is 3.25. The number of hydrogen-bond acceptors (Lipinski definition) is 1. The van der Waals surface area contributed by atoms with Crippen LogP contribution in [0.15, 0.2) is 54.6 Å². The summed E-state index contributed by atoms with van der Waals surface area (Å²) in [7, 11) is 0. The van der Waals surface area contributed by atoms with Crippen LogP contribution in [0.4, 0.5) is 0 Å². The van der Waals surface area contributed by atoms with Crippen LogP contribution in [0, 0.1) is 23.7 Å². The highest BCUT2D eigenvalue weighted by atomic mass is 35.5. The molecule has 3 aromatic carbocycles. The van der Waals surface area contributed by atoms with Crippen molar-refractivity contribution < 1.29 is 0 Å². The zero-order valence-electron chi connectivity index (χ0n) is 16.8. The second-order valence-corrected chi connectivity index (χ2v) is 11.8. The van der Waals surface area contributed by atoms with Crippen LogP contribution in [-0.2, 0) is 5.41 Å². The Morgan fingerprint density at radius 3 is 2.33 bits per heavy atom. The monoisotopic (exact) mass is 426 g/mol. The highest BCUT2D eigenvalue weighted by molar-refractivity contribution is 7.25. The fourth-order valence-corrected chi connectivity index (χ4v) is 9.76. The maximum atomic E-state index is 6.66. The van der Waals surface area contributed by atoms with Crippen molar-refractivity contribution in [1.82, 2.24) is 0 Å². The molecule has 0 amide bonds. The minimum atomic E-state index is 0.195. The minimum Gasteiger partial charge on any atom is -0.135 e. The molecule has 4 saturated carbocycles. The summed E-state index contributed by atoms with van der Waals surface area (Å²) in [5.41, 5.74) is 6.38. The molecule has 0 aliphatic heterocycles. The molecule has 0 atom stereocenters. The van der Waals surface area contributed by atoms with Gasteiger partial charge >= 0.3 is 0 Å². The Morgan fingerprint density at radius 1 is 0.767 bits per heavy atom. The van der Waals surface area contributed by atoms with Crippen molar-refractivity contribution in [3.05, 3.63) is 70.7 Å². The van der Waals surface area contributed by atoms with E-state index in [2.05, 4.69) is 54.6 Å². The summed E-state index contributed by atoms with van der Waals surface area (Å²) in [6, 6.07) is 20.7. The van der Waals surface area contributed by atoms with Gasteiger partial charge in [-0.2, -0.15) is 0 Å². The van der Waals surface area contributed by atoms with Crippen LogP contribution in [0.1, 0.15) is 43.2 Å². The van der Waals surface area contributed by atoms with Crippen LogP contribution >= 0.6 is 22.9 Å². The highest BCUT2D eigenvalue weighted by Crippen LogP contribution is 2.70. The standard InChI is InChI=1S/C28H23ClS/c29-19-5-6-20-23(14-19)28(17-10-15-9-16(12-17)13-18(28)11-15)22-7-8-25-27(26(20)22)21-3-1-2-4-24(21)30-25/h1-8,14-18H,9-13H2. The Labute approximate surface area is 185 Å². The minimum absolute atomic E-state index is 0.195. The molecule has 4 fully saturated rings. The summed E-state index contributed by atoms with van der Waals surface area (Å²) >= 11 is 8.60. The van der Waals surface area contributed by atoms with Crippen molar-refractivity contribution in [3.8, 4) is 11.1 Å². The Bertz CT molecular complexity index is 1350. The fraction of sp³-hybridized carbons (Fsp3) is 0.357. The lowest BCUT2D eigenvalue weighted by molar-refractivity contribution is -0.0399. The second kappa shape index (κ2) is 5.50. The Hall–Kier alpha value is -1.83. The summed E-state index contributed by atoms with van der Waals surface area (Å²) in [5.74, 6) is 3.51. The Morgan fingerprint density at radius 2 is 1.53 bits per heavy atom. The van der Waals surface area contributed by atoms with E-state index in [1.165, 1.54) is 63.4 Å². The summed E-state index contributed by atoms with van der Waals surface area (Å²) < 4.78 is 2.83. The van der Waals surface area contributed by atoms with Crippen molar-refractivity contribution in [2.24, 2.45) is 23.7 Å². The SMILES string of the molecule is Clc1ccc2c(c1)C1(c3ccc4sc5ccccc5c4c3-2)C2CC3CC(C2)CC1C3.